The number of carbonyl (C=O) groups excluding carboxylic acids is 1. The zero-order valence-electron chi connectivity index (χ0n) is 17.5. The topological polar surface area (TPSA) is 73.7 Å². The Morgan fingerprint density at radius 2 is 1.62 bits per heavy atom. The van der Waals surface area contributed by atoms with Crippen molar-refractivity contribution < 1.29 is 14.3 Å². The normalized spacial score (nSPS) is 12.5. The highest BCUT2D eigenvalue weighted by molar-refractivity contribution is 6.04. The van der Waals surface area contributed by atoms with E-state index in [4.69, 9.17) is 9.47 Å². The lowest BCUT2D eigenvalue weighted by Crippen LogP contribution is -2.31. The standard InChI is InChI=1S/C25H21N3O4/c1-27(16-17-11-12-21-22(15-17)32-14-13-31-21)25(30)23-19-9-5-6-10-20(19)24(29)28(26-23)18-7-3-2-4-8-18/h2-12,15H,13-14,16H2,1H3. The summed E-state index contributed by atoms with van der Waals surface area (Å²) in [5.74, 6) is 1.10. The van der Waals surface area contributed by atoms with Crippen molar-refractivity contribution in [3.05, 3.63) is 94.4 Å². The average molecular weight is 427 g/mol. The molecule has 0 unspecified atom stereocenters. The van der Waals surface area contributed by atoms with Crippen molar-refractivity contribution in [2.45, 2.75) is 6.54 Å². The molecule has 0 radical (unpaired) electrons. The Balaban J connectivity index is 1.53. The molecule has 0 saturated heterocycles. The van der Waals surface area contributed by atoms with Gasteiger partial charge in [0.05, 0.1) is 11.1 Å². The molecule has 4 aromatic rings. The van der Waals surface area contributed by atoms with Gasteiger partial charge in [0.1, 0.15) is 13.2 Å². The molecule has 2 heterocycles. The second kappa shape index (κ2) is 8.19. The van der Waals surface area contributed by atoms with Gasteiger partial charge in [-0.25, -0.2) is 0 Å². The Bertz CT molecular complexity index is 1360. The van der Waals surface area contributed by atoms with Gasteiger partial charge in [-0.1, -0.05) is 42.5 Å². The Morgan fingerprint density at radius 3 is 2.41 bits per heavy atom. The van der Waals surface area contributed by atoms with Gasteiger partial charge >= 0.3 is 0 Å². The van der Waals surface area contributed by atoms with Crippen LogP contribution in [0.2, 0.25) is 0 Å². The Hall–Kier alpha value is -4.13. The predicted molar refractivity (Wildman–Crippen MR) is 121 cm³/mol. The minimum atomic E-state index is -0.277. The highest BCUT2D eigenvalue weighted by Crippen LogP contribution is 2.31. The molecule has 0 spiro atoms. The van der Waals surface area contributed by atoms with Crippen molar-refractivity contribution in [2.75, 3.05) is 20.3 Å². The lowest BCUT2D eigenvalue weighted by molar-refractivity contribution is 0.0779. The number of amides is 1. The van der Waals surface area contributed by atoms with Crippen molar-refractivity contribution in [1.82, 2.24) is 14.7 Å². The number of carbonyl (C=O) groups is 1. The number of aromatic nitrogens is 2. The molecule has 1 aliphatic rings. The molecule has 0 aliphatic carbocycles. The lowest BCUT2D eigenvalue weighted by Gasteiger charge is -2.21. The second-order valence-corrected chi connectivity index (χ2v) is 7.59. The maximum absolute atomic E-state index is 13.4. The summed E-state index contributed by atoms with van der Waals surface area (Å²) < 4.78 is 12.5. The minimum absolute atomic E-state index is 0.226. The molecule has 0 fully saturated rings. The van der Waals surface area contributed by atoms with E-state index in [1.807, 2.05) is 36.4 Å². The molecule has 1 aliphatic heterocycles. The van der Waals surface area contributed by atoms with Crippen LogP contribution >= 0.6 is 0 Å². The molecule has 0 bridgehead atoms. The summed E-state index contributed by atoms with van der Waals surface area (Å²) in [6.45, 7) is 1.39. The molecule has 1 aromatic heterocycles. The number of hydrogen-bond acceptors (Lipinski definition) is 5. The average Bonchev–Trinajstić information content (AvgIpc) is 2.84. The molecule has 7 nitrogen and oxygen atoms in total. The van der Waals surface area contributed by atoms with Crippen molar-refractivity contribution in [2.24, 2.45) is 0 Å². The highest BCUT2D eigenvalue weighted by Gasteiger charge is 2.21. The van der Waals surface area contributed by atoms with E-state index < -0.39 is 0 Å². The summed E-state index contributed by atoms with van der Waals surface area (Å²) in [7, 11) is 1.72. The quantitative estimate of drug-likeness (QED) is 0.499. The van der Waals surface area contributed by atoms with Gasteiger partial charge in [-0.15, -0.1) is 0 Å². The van der Waals surface area contributed by atoms with Gasteiger partial charge in [-0.2, -0.15) is 9.78 Å². The zero-order chi connectivity index (χ0) is 22.1. The van der Waals surface area contributed by atoms with Crippen LogP contribution in [0.3, 0.4) is 0 Å². The van der Waals surface area contributed by atoms with Crippen molar-refractivity contribution in [1.29, 1.82) is 0 Å². The number of para-hydroxylation sites is 1. The summed E-state index contributed by atoms with van der Waals surface area (Å²) in [6, 6.07) is 21.8. The third-order valence-corrected chi connectivity index (χ3v) is 5.38. The van der Waals surface area contributed by atoms with Crippen LogP contribution in [0.25, 0.3) is 16.5 Å². The van der Waals surface area contributed by atoms with Gasteiger partial charge in [0, 0.05) is 19.0 Å². The molecule has 5 rings (SSSR count). The molecule has 0 saturated carbocycles. The van der Waals surface area contributed by atoms with Crippen LogP contribution < -0.4 is 15.0 Å². The number of benzene rings is 3. The van der Waals surface area contributed by atoms with E-state index in [9.17, 15) is 9.59 Å². The first-order valence-corrected chi connectivity index (χ1v) is 10.3. The number of hydrogen-bond donors (Lipinski definition) is 0. The molecular formula is C25H21N3O4. The van der Waals surface area contributed by atoms with Gasteiger partial charge in [0.15, 0.2) is 17.2 Å². The smallest absolute Gasteiger partial charge is 0.279 e. The summed E-state index contributed by atoms with van der Waals surface area (Å²) in [5, 5.41) is 5.45. The summed E-state index contributed by atoms with van der Waals surface area (Å²) >= 11 is 0. The maximum atomic E-state index is 13.4. The molecule has 0 N–H and O–H groups in total. The van der Waals surface area contributed by atoms with Crippen LogP contribution in [0.5, 0.6) is 11.5 Å². The zero-order valence-corrected chi connectivity index (χ0v) is 17.5. The summed E-state index contributed by atoms with van der Waals surface area (Å²) in [5.41, 5.74) is 1.47. The summed E-state index contributed by atoms with van der Waals surface area (Å²) in [6.07, 6.45) is 0. The molecular weight excluding hydrogens is 406 g/mol. The lowest BCUT2D eigenvalue weighted by atomic mass is 10.1. The third kappa shape index (κ3) is 3.58. The van der Waals surface area contributed by atoms with Crippen molar-refractivity contribution in [3.63, 3.8) is 0 Å². The van der Waals surface area contributed by atoms with E-state index >= 15 is 0 Å². The Labute approximate surface area is 184 Å². The number of nitrogens with zero attached hydrogens (tertiary/aromatic N) is 3. The number of rotatable bonds is 4. The fraction of sp³-hybridized carbons (Fsp3) is 0.160. The van der Waals surface area contributed by atoms with Crippen molar-refractivity contribution in [3.8, 4) is 17.2 Å². The van der Waals surface area contributed by atoms with Crippen LogP contribution in [-0.2, 0) is 6.54 Å². The van der Waals surface area contributed by atoms with Gasteiger partial charge < -0.3 is 14.4 Å². The van der Waals surface area contributed by atoms with E-state index in [0.29, 0.717) is 47.7 Å². The molecule has 7 heteroatoms. The van der Waals surface area contributed by atoms with E-state index in [2.05, 4.69) is 5.10 Å². The van der Waals surface area contributed by atoms with Crippen LogP contribution in [-0.4, -0.2) is 40.8 Å². The molecule has 3 aromatic carbocycles. The monoisotopic (exact) mass is 427 g/mol. The number of fused-ring (bicyclic) bond motifs is 2. The molecule has 1 amide bonds. The van der Waals surface area contributed by atoms with Gasteiger partial charge in [0.2, 0.25) is 0 Å². The van der Waals surface area contributed by atoms with Crippen LogP contribution in [0.15, 0.2) is 77.6 Å². The minimum Gasteiger partial charge on any atom is -0.486 e. The van der Waals surface area contributed by atoms with E-state index in [-0.39, 0.29) is 17.2 Å². The van der Waals surface area contributed by atoms with E-state index in [1.165, 1.54) is 4.68 Å². The molecule has 160 valence electrons. The van der Waals surface area contributed by atoms with Crippen LogP contribution in [0.4, 0.5) is 0 Å². The fourth-order valence-corrected chi connectivity index (χ4v) is 3.80. The largest absolute Gasteiger partial charge is 0.486 e. The second-order valence-electron chi connectivity index (χ2n) is 7.59. The van der Waals surface area contributed by atoms with E-state index in [1.54, 1.807) is 48.3 Å². The van der Waals surface area contributed by atoms with Gasteiger partial charge in [-0.05, 0) is 35.9 Å². The first-order chi connectivity index (χ1) is 15.6. The van der Waals surface area contributed by atoms with Gasteiger partial charge in [-0.3, -0.25) is 9.59 Å². The fourth-order valence-electron chi connectivity index (χ4n) is 3.80. The van der Waals surface area contributed by atoms with Crippen LogP contribution in [0, 0.1) is 0 Å². The first-order valence-electron chi connectivity index (χ1n) is 10.3. The maximum Gasteiger partial charge on any atom is 0.279 e. The molecule has 32 heavy (non-hydrogen) atoms. The van der Waals surface area contributed by atoms with Gasteiger partial charge in [0.25, 0.3) is 11.5 Å². The number of ether oxygens (including phenoxy) is 2. The Kier molecular flexibility index (Phi) is 5.07. The van der Waals surface area contributed by atoms with Crippen LogP contribution in [0.1, 0.15) is 16.1 Å². The third-order valence-electron chi connectivity index (χ3n) is 5.38. The van der Waals surface area contributed by atoms with E-state index in [0.717, 1.165) is 5.56 Å². The molecule has 0 atom stereocenters. The first kappa shape index (κ1) is 19.8. The predicted octanol–water partition coefficient (Wildman–Crippen LogP) is 3.43. The highest BCUT2D eigenvalue weighted by atomic mass is 16.6. The summed E-state index contributed by atoms with van der Waals surface area (Å²) in [4.78, 5) is 28.1. The Morgan fingerprint density at radius 1 is 0.938 bits per heavy atom. The van der Waals surface area contributed by atoms with Crippen molar-refractivity contribution >= 4 is 16.7 Å². The SMILES string of the molecule is CN(Cc1ccc2c(c1)OCCO2)C(=O)c1nn(-c2ccccc2)c(=O)c2ccccc12.